The van der Waals surface area contributed by atoms with Crippen LogP contribution in [0.4, 0.5) is 0 Å². The summed E-state index contributed by atoms with van der Waals surface area (Å²) in [6, 6.07) is 0. The molecule has 0 atom stereocenters. The van der Waals surface area contributed by atoms with Gasteiger partial charge in [0.2, 0.25) is 10.0 Å². The van der Waals surface area contributed by atoms with E-state index in [-0.39, 0.29) is 5.25 Å². The molecule has 66 valence electrons. The van der Waals surface area contributed by atoms with Gasteiger partial charge in [0.05, 0.1) is 5.25 Å². The first kappa shape index (κ1) is 9.48. The highest BCUT2D eigenvalue weighted by atomic mass is 79.9. The molecule has 0 aromatic heterocycles. The number of sulfonamides is 1. The van der Waals surface area contributed by atoms with Crippen molar-refractivity contribution in [3.63, 3.8) is 0 Å². The molecule has 1 fully saturated rings. The third-order valence-electron chi connectivity index (χ3n) is 1.58. The highest BCUT2D eigenvalue weighted by Gasteiger charge is 2.34. The number of alkyl halides is 1. The Kier molecular flexibility index (Phi) is 3.33. The molecule has 0 aromatic rings. The number of hydrogen-bond acceptors (Lipinski definition) is 2. The lowest BCUT2D eigenvalue weighted by Gasteiger charge is -2.02. The van der Waals surface area contributed by atoms with Crippen LogP contribution >= 0.6 is 15.9 Å². The molecule has 0 spiro atoms. The molecule has 1 saturated carbocycles. The molecular weight excluding hydrogens is 230 g/mol. The van der Waals surface area contributed by atoms with Gasteiger partial charge in [-0.2, -0.15) is 0 Å². The lowest BCUT2D eigenvalue weighted by atomic mass is 10.5. The minimum Gasteiger partial charge on any atom is -0.215 e. The molecule has 0 unspecified atom stereocenters. The van der Waals surface area contributed by atoms with E-state index in [0.29, 0.717) is 6.54 Å². The summed E-state index contributed by atoms with van der Waals surface area (Å²) in [5.41, 5.74) is 0. The quantitative estimate of drug-likeness (QED) is 0.574. The van der Waals surface area contributed by atoms with Gasteiger partial charge in [-0.15, -0.1) is 0 Å². The van der Waals surface area contributed by atoms with Gasteiger partial charge in [-0.1, -0.05) is 15.9 Å². The average Bonchev–Trinajstić information content (AvgIpc) is 2.68. The van der Waals surface area contributed by atoms with Crippen LogP contribution in [0.5, 0.6) is 0 Å². The first-order valence-electron chi connectivity index (χ1n) is 3.71. The fourth-order valence-electron chi connectivity index (χ4n) is 0.777. The molecule has 1 rings (SSSR count). The molecule has 0 aromatic carbocycles. The normalized spacial score (nSPS) is 18.6. The summed E-state index contributed by atoms with van der Waals surface area (Å²) < 4.78 is 24.8. The van der Waals surface area contributed by atoms with E-state index in [1.54, 1.807) is 0 Å². The van der Waals surface area contributed by atoms with Gasteiger partial charge in [-0.3, -0.25) is 0 Å². The van der Waals surface area contributed by atoms with Crippen LogP contribution in [0.15, 0.2) is 0 Å². The van der Waals surface area contributed by atoms with Crippen molar-refractivity contribution in [2.24, 2.45) is 0 Å². The van der Waals surface area contributed by atoms with Crippen LogP contribution in [0.25, 0.3) is 0 Å². The minimum atomic E-state index is -2.93. The van der Waals surface area contributed by atoms with Gasteiger partial charge in [-0.25, -0.2) is 13.1 Å². The molecule has 1 aliphatic rings. The zero-order valence-corrected chi connectivity index (χ0v) is 8.62. The van der Waals surface area contributed by atoms with Crippen molar-refractivity contribution in [1.29, 1.82) is 0 Å². The second kappa shape index (κ2) is 3.87. The third-order valence-corrected chi connectivity index (χ3v) is 4.09. The predicted molar refractivity (Wildman–Crippen MR) is 48.4 cm³/mol. The molecule has 0 saturated heterocycles. The van der Waals surface area contributed by atoms with Crippen molar-refractivity contribution in [2.45, 2.75) is 24.5 Å². The standard InChI is InChI=1S/C6H12BrNO2S/c7-4-1-5-8-11(9,10)6-2-3-6/h6,8H,1-5H2. The number of nitrogens with one attached hydrogen (secondary N) is 1. The van der Waals surface area contributed by atoms with E-state index in [1.165, 1.54) is 0 Å². The molecule has 0 amide bonds. The maximum Gasteiger partial charge on any atom is 0.214 e. The molecule has 11 heavy (non-hydrogen) atoms. The summed E-state index contributed by atoms with van der Waals surface area (Å²) >= 11 is 3.23. The smallest absolute Gasteiger partial charge is 0.214 e. The SMILES string of the molecule is O=S(=O)(NCCCBr)C1CC1. The zero-order valence-electron chi connectivity index (χ0n) is 6.22. The Labute approximate surface area is 75.7 Å². The fourth-order valence-corrected chi connectivity index (χ4v) is 2.48. The first-order chi connectivity index (χ1) is 5.17. The van der Waals surface area contributed by atoms with E-state index in [1.807, 2.05) is 0 Å². The van der Waals surface area contributed by atoms with Crippen LogP contribution in [-0.4, -0.2) is 25.5 Å². The summed E-state index contributed by atoms with van der Waals surface area (Å²) in [7, 11) is -2.93. The highest BCUT2D eigenvalue weighted by molar-refractivity contribution is 9.09. The largest absolute Gasteiger partial charge is 0.215 e. The average molecular weight is 242 g/mol. The van der Waals surface area contributed by atoms with Crippen molar-refractivity contribution < 1.29 is 8.42 Å². The van der Waals surface area contributed by atoms with Crippen LogP contribution in [0, 0.1) is 0 Å². The maximum absolute atomic E-state index is 11.1. The molecule has 3 nitrogen and oxygen atoms in total. The van der Waals surface area contributed by atoms with Crippen LogP contribution in [-0.2, 0) is 10.0 Å². The summed E-state index contributed by atoms with van der Waals surface area (Å²) in [6.07, 6.45) is 2.53. The van der Waals surface area contributed by atoms with E-state index in [4.69, 9.17) is 0 Å². The molecular formula is C6H12BrNO2S. The fraction of sp³-hybridized carbons (Fsp3) is 1.00. The lowest BCUT2D eigenvalue weighted by Crippen LogP contribution is -2.28. The summed E-state index contributed by atoms with van der Waals surface area (Å²) in [5.74, 6) is 0. The van der Waals surface area contributed by atoms with Gasteiger partial charge in [0.15, 0.2) is 0 Å². The Morgan fingerprint density at radius 1 is 1.45 bits per heavy atom. The van der Waals surface area contributed by atoms with Crippen LogP contribution in [0.2, 0.25) is 0 Å². The van der Waals surface area contributed by atoms with Gasteiger partial charge in [0.1, 0.15) is 0 Å². The van der Waals surface area contributed by atoms with Gasteiger partial charge in [-0.05, 0) is 19.3 Å². The number of hydrogen-bond donors (Lipinski definition) is 1. The van der Waals surface area contributed by atoms with Crippen LogP contribution in [0.3, 0.4) is 0 Å². The number of halogens is 1. The van der Waals surface area contributed by atoms with Crippen molar-refractivity contribution in [3.8, 4) is 0 Å². The molecule has 5 heteroatoms. The summed E-state index contributed by atoms with van der Waals surface area (Å²) in [5, 5.41) is 0.762. The Balaban J connectivity index is 2.23. The molecule has 0 bridgehead atoms. The zero-order chi connectivity index (χ0) is 8.32. The predicted octanol–water partition coefficient (Wildman–Crippen LogP) is 0.853. The van der Waals surface area contributed by atoms with Gasteiger partial charge in [0, 0.05) is 11.9 Å². The second-order valence-electron chi connectivity index (χ2n) is 2.68. The third kappa shape index (κ3) is 3.09. The first-order valence-corrected chi connectivity index (χ1v) is 6.38. The van der Waals surface area contributed by atoms with Crippen molar-refractivity contribution in [1.82, 2.24) is 4.72 Å². The van der Waals surface area contributed by atoms with Crippen molar-refractivity contribution in [2.75, 3.05) is 11.9 Å². The minimum absolute atomic E-state index is 0.0853. The molecule has 0 radical (unpaired) electrons. The van der Waals surface area contributed by atoms with Crippen LogP contribution in [0.1, 0.15) is 19.3 Å². The Morgan fingerprint density at radius 2 is 2.09 bits per heavy atom. The molecule has 1 aliphatic carbocycles. The summed E-state index contributed by atoms with van der Waals surface area (Å²) in [4.78, 5) is 0. The summed E-state index contributed by atoms with van der Waals surface area (Å²) in [6.45, 7) is 0.560. The monoisotopic (exact) mass is 241 g/mol. The van der Waals surface area contributed by atoms with E-state index >= 15 is 0 Å². The molecule has 1 N–H and O–H groups in total. The number of rotatable bonds is 5. The second-order valence-corrected chi connectivity index (χ2v) is 5.52. The Bertz CT molecular complexity index is 211. The van der Waals surface area contributed by atoms with E-state index in [9.17, 15) is 8.42 Å². The van der Waals surface area contributed by atoms with E-state index in [2.05, 4.69) is 20.7 Å². The van der Waals surface area contributed by atoms with Crippen LogP contribution < -0.4 is 4.72 Å². The van der Waals surface area contributed by atoms with Gasteiger partial charge >= 0.3 is 0 Å². The van der Waals surface area contributed by atoms with Gasteiger partial charge in [0.25, 0.3) is 0 Å². The maximum atomic E-state index is 11.1. The van der Waals surface area contributed by atoms with E-state index < -0.39 is 10.0 Å². The topological polar surface area (TPSA) is 46.2 Å². The Hall–Kier alpha value is 0.390. The van der Waals surface area contributed by atoms with E-state index in [0.717, 1.165) is 24.6 Å². The van der Waals surface area contributed by atoms with Crippen molar-refractivity contribution >= 4 is 26.0 Å². The Morgan fingerprint density at radius 3 is 2.55 bits per heavy atom. The lowest BCUT2D eigenvalue weighted by molar-refractivity contribution is 0.580. The van der Waals surface area contributed by atoms with Crippen molar-refractivity contribution in [3.05, 3.63) is 0 Å². The molecule has 0 aliphatic heterocycles. The molecule has 0 heterocycles. The van der Waals surface area contributed by atoms with Gasteiger partial charge < -0.3 is 0 Å². The highest BCUT2D eigenvalue weighted by Crippen LogP contribution is 2.27.